The SMILES string of the molecule is CSCCn1cc[n+](CCCCCC#N)c1. The molecule has 0 saturated heterocycles. The van der Waals surface area contributed by atoms with Gasteiger partial charge in [-0.1, -0.05) is 0 Å². The van der Waals surface area contributed by atoms with Gasteiger partial charge in [0.25, 0.3) is 0 Å². The Morgan fingerprint density at radius 2 is 2.25 bits per heavy atom. The second kappa shape index (κ2) is 8.23. The van der Waals surface area contributed by atoms with Crippen LogP contribution in [0.25, 0.3) is 0 Å². The number of aryl methyl sites for hydroxylation is 2. The maximum absolute atomic E-state index is 8.41. The quantitative estimate of drug-likeness (QED) is 0.514. The van der Waals surface area contributed by atoms with Crippen molar-refractivity contribution in [3.8, 4) is 6.07 Å². The van der Waals surface area contributed by atoms with E-state index in [0.717, 1.165) is 31.7 Å². The Hall–Kier alpha value is -0.950. The summed E-state index contributed by atoms with van der Waals surface area (Å²) in [6.07, 6.45) is 12.6. The summed E-state index contributed by atoms with van der Waals surface area (Å²) in [6, 6.07) is 2.18. The molecule has 0 fully saturated rings. The van der Waals surface area contributed by atoms with E-state index >= 15 is 0 Å². The molecule has 16 heavy (non-hydrogen) atoms. The second-order valence-electron chi connectivity index (χ2n) is 3.85. The van der Waals surface area contributed by atoms with E-state index in [9.17, 15) is 0 Å². The van der Waals surface area contributed by atoms with Crippen molar-refractivity contribution in [1.82, 2.24) is 4.57 Å². The van der Waals surface area contributed by atoms with E-state index in [2.05, 4.69) is 40.2 Å². The first-order chi connectivity index (χ1) is 7.86. The van der Waals surface area contributed by atoms with Crippen LogP contribution in [0.5, 0.6) is 0 Å². The van der Waals surface area contributed by atoms with Gasteiger partial charge in [0.15, 0.2) is 0 Å². The summed E-state index contributed by atoms with van der Waals surface area (Å²) in [5, 5.41) is 8.41. The normalized spacial score (nSPS) is 10.2. The lowest BCUT2D eigenvalue weighted by atomic mass is 10.2. The molecule has 3 nitrogen and oxygen atoms in total. The van der Waals surface area contributed by atoms with Crippen LogP contribution in [0.15, 0.2) is 18.7 Å². The highest BCUT2D eigenvalue weighted by Gasteiger charge is 2.02. The minimum absolute atomic E-state index is 0.694. The molecule has 0 N–H and O–H groups in total. The number of hydrogen-bond acceptors (Lipinski definition) is 2. The smallest absolute Gasteiger partial charge is 0.237 e. The summed E-state index contributed by atoms with van der Waals surface area (Å²) in [6.45, 7) is 2.15. The summed E-state index contributed by atoms with van der Waals surface area (Å²) in [5.41, 5.74) is 0. The van der Waals surface area contributed by atoms with Crippen LogP contribution in [0.1, 0.15) is 25.7 Å². The molecular weight excluding hydrogens is 218 g/mol. The number of aromatic nitrogens is 2. The molecule has 0 unspecified atom stereocenters. The third-order valence-corrected chi connectivity index (χ3v) is 3.10. The minimum atomic E-state index is 0.694. The fraction of sp³-hybridized carbons (Fsp3) is 0.667. The number of rotatable bonds is 8. The van der Waals surface area contributed by atoms with Gasteiger partial charge in [0, 0.05) is 12.2 Å². The average molecular weight is 238 g/mol. The van der Waals surface area contributed by atoms with Gasteiger partial charge in [-0.05, 0) is 25.5 Å². The molecule has 0 amide bonds. The second-order valence-corrected chi connectivity index (χ2v) is 4.84. The van der Waals surface area contributed by atoms with E-state index in [1.807, 2.05) is 11.8 Å². The summed E-state index contributed by atoms with van der Waals surface area (Å²) >= 11 is 1.87. The van der Waals surface area contributed by atoms with Crippen LogP contribution in [0, 0.1) is 11.3 Å². The van der Waals surface area contributed by atoms with E-state index in [-0.39, 0.29) is 0 Å². The summed E-state index contributed by atoms with van der Waals surface area (Å²) in [4.78, 5) is 0. The first-order valence-electron chi connectivity index (χ1n) is 5.77. The maximum Gasteiger partial charge on any atom is 0.243 e. The predicted molar refractivity (Wildman–Crippen MR) is 67.1 cm³/mol. The summed E-state index contributed by atoms with van der Waals surface area (Å²) in [7, 11) is 0. The molecule has 0 bridgehead atoms. The van der Waals surface area contributed by atoms with Crippen molar-refractivity contribution >= 4 is 11.8 Å². The zero-order chi connectivity index (χ0) is 11.6. The molecule has 0 aliphatic rings. The van der Waals surface area contributed by atoms with Crippen LogP contribution in [0.3, 0.4) is 0 Å². The molecule has 0 aliphatic carbocycles. The van der Waals surface area contributed by atoms with Crippen LogP contribution >= 0.6 is 11.8 Å². The van der Waals surface area contributed by atoms with Gasteiger partial charge in [0.2, 0.25) is 6.33 Å². The largest absolute Gasteiger partial charge is 0.243 e. The van der Waals surface area contributed by atoms with E-state index < -0.39 is 0 Å². The highest BCUT2D eigenvalue weighted by molar-refractivity contribution is 7.98. The van der Waals surface area contributed by atoms with E-state index in [1.165, 1.54) is 6.42 Å². The van der Waals surface area contributed by atoms with Gasteiger partial charge >= 0.3 is 0 Å². The van der Waals surface area contributed by atoms with Gasteiger partial charge in [-0.2, -0.15) is 17.0 Å². The Morgan fingerprint density at radius 1 is 1.38 bits per heavy atom. The number of nitrogens with zero attached hydrogens (tertiary/aromatic N) is 3. The highest BCUT2D eigenvalue weighted by Crippen LogP contribution is 1.99. The molecule has 1 heterocycles. The molecule has 0 aromatic carbocycles. The Balaban J connectivity index is 2.17. The van der Waals surface area contributed by atoms with Crippen LogP contribution in [-0.2, 0) is 13.1 Å². The van der Waals surface area contributed by atoms with Crippen molar-refractivity contribution in [2.75, 3.05) is 12.0 Å². The molecular formula is C12H20N3S+. The lowest BCUT2D eigenvalue weighted by Gasteiger charge is -1.96. The molecule has 0 atom stereocenters. The number of hydrogen-bond donors (Lipinski definition) is 0. The van der Waals surface area contributed by atoms with Crippen LogP contribution in [0.4, 0.5) is 0 Å². The first kappa shape index (κ1) is 13.1. The van der Waals surface area contributed by atoms with Crippen LogP contribution in [-0.4, -0.2) is 16.6 Å². The third kappa shape index (κ3) is 5.22. The lowest BCUT2D eigenvalue weighted by molar-refractivity contribution is -0.696. The van der Waals surface area contributed by atoms with Gasteiger partial charge in [-0.25, -0.2) is 9.13 Å². The van der Waals surface area contributed by atoms with E-state index in [4.69, 9.17) is 5.26 Å². The Labute approximate surface area is 102 Å². The van der Waals surface area contributed by atoms with Crippen molar-refractivity contribution < 1.29 is 4.57 Å². The zero-order valence-corrected chi connectivity index (χ0v) is 10.7. The summed E-state index contributed by atoms with van der Waals surface area (Å²) in [5.74, 6) is 1.16. The fourth-order valence-corrected chi connectivity index (χ4v) is 1.97. The van der Waals surface area contributed by atoms with Gasteiger partial charge in [0.1, 0.15) is 12.4 Å². The topological polar surface area (TPSA) is 32.6 Å². The Kier molecular flexibility index (Phi) is 6.75. The standard InChI is InChI=1S/C12H20N3S/c1-16-11-10-15-9-8-14(12-15)7-5-3-2-4-6-13/h8-9,12H,2-5,7,10-11H2,1H3/q+1. The Bertz CT molecular complexity index is 327. The van der Waals surface area contributed by atoms with Gasteiger partial charge < -0.3 is 0 Å². The third-order valence-electron chi connectivity index (χ3n) is 2.50. The molecule has 88 valence electrons. The van der Waals surface area contributed by atoms with Crippen molar-refractivity contribution in [2.45, 2.75) is 38.8 Å². The van der Waals surface area contributed by atoms with Crippen LogP contribution < -0.4 is 4.57 Å². The van der Waals surface area contributed by atoms with Crippen LogP contribution in [0.2, 0.25) is 0 Å². The van der Waals surface area contributed by atoms with Crippen molar-refractivity contribution in [3.05, 3.63) is 18.7 Å². The first-order valence-corrected chi connectivity index (χ1v) is 7.17. The summed E-state index contributed by atoms with van der Waals surface area (Å²) < 4.78 is 4.46. The predicted octanol–water partition coefficient (Wildman–Crippen LogP) is 2.22. The fourth-order valence-electron chi connectivity index (χ4n) is 1.58. The molecule has 1 aromatic rings. The average Bonchev–Trinajstić information content (AvgIpc) is 2.74. The minimum Gasteiger partial charge on any atom is -0.237 e. The molecule has 0 saturated carbocycles. The van der Waals surface area contributed by atoms with E-state index in [1.54, 1.807) is 0 Å². The molecule has 4 heteroatoms. The number of unbranched alkanes of at least 4 members (excludes halogenated alkanes) is 3. The van der Waals surface area contributed by atoms with Gasteiger partial charge in [-0.3, -0.25) is 0 Å². The molecule has 0 spiro atoms. The van der Waals surface area contributed by atoms with Gasteiger partial charge in [0.05, 0.1) is 19.2 Å². The van der Waals surface area contributed by atoms with E-state index in [0.29, 0.717) is 6.42 Å². The molecule has 0 aliphatic heterocycles. The van der Waals surface area contributed by atoms with Gasteiger partial charge in [-0.15, -0.1) is 0 Å². The number of nitriles is 1. The van der Waals surface area contributed by atoms with Crippen molar-refractivity contribution in [1.29, 1.82) is 5.26 Å². The Morgan fingerprint density at radius 3 is 3.00 bits per heavy atom. The lowest BCUT2D eigenvalue weighted by Crippen LogP contribution is -2.30. The highest BCUT2D eigenvalue weighted by atomic mass is 32.2. The zero-order valence-electron chi connectivity index (χ0n) is 9.93. The van der Waals surface area contributed by atoms with Crippen molar-refractivity contribution in [3.63, 3.8) is 0 Å². The maximum atomic E-state index is 8.41. The number of thioether (sulfide) groups is 1. The molecule has 1 aromatic heterocycles. The molecule has 0 radical (unpaired) electrons. The monoisotopic (exact) mass is 238 g/mol. The molecule has 1 rings (SSSR count). The number of imidazole rings is 1. The van der Waals surface area contributed by atoms with Crippen molar-refractivity contribution in [2.24, 2.45) is 0 Å².